The minimum atomic E-state index is 0.522. The summed E-state index contributed by atoms with van der Waals surface area (Å²) in [6.07, 6.45) is 14.7. The van der Waals surface area contributed by atoms with Crippen molar-refractivity contribution in [3.05, 3.63) is 24.3 Å². The molecular weight excluding hydrogens is 158 g/mol. The lowest BCUT2D eigenvalue weighted by Crippen LogP contribution is -2.21. The molecule has 1 aliphatic carbocycles. The smallest absolute Gasteiger partial charge is 0.0596 e. The molecule has 0 amide bonds. The fraction of sp³-hybridized carbons (Fsp3) is 0.583. The number of dihydropyridines is 1. The van der Waals surface area contributed by atoms with E-state index in [4.69, 9.17) is 0 Å². The van der Waals surface area contributed by atoms with E-state index in [9.17, 15) is 0 Å². The summed E-state index contributed by atoms with van der Waals surface area (Å²) in [6, 6.07) is 0.522. The molecule has 70 valence electrons. The third-order valence-corrected chi connectivity index (χ3v) is 3.01. The van der Waals surface area contributed by atoms with Crippen LogP contribution in [0.25, 0.3) is 0 Å². The van der Waals surface area contributed by atoms with Crippen molar-refractivity contribution in [2.45, 2.75) is 32.2 Å². The van der Waals surface area contributed by atoms with Gasteiger partial charge < -0.3 is 0 Å². The molecule has 1 aliphatic heterocycles. The molecule has 0 spiro atoms. The third kappa shape index (κ3) is 2.09. The molecule has 13 heavy (non-hydrogen) atoms. The Morgan fingerprint density at radius 3 is 2.77 bits per heavy atom. The highest BCUT2D eigenvalue weighted by Crippen LogP contribution is 2.27. The summed E-state index contributed by atoms with van der Waals surface area (Å²) >= 11 is 0. The van der Waals surface area contributed by atoms with Crippen molar-refractivity contribution < 1.29 is 0 Å². The van der Waals surface area contributed by atoms with Crippen molar-refractivity contribution in [2.75, 3.05) is 0 Å². The zero-order chi connectivity index (χ0) is 9.10. The van der Waals surface area contributed by atoms with Gasteiger partial charge in [0, 0.05) is 6.21 Å². The average Bonchev–Trinajstić information content (AvgIpc) is 2.20. The predicted octanol–water partition coefficient (Wildman–Crippen LogP) is 2.99. The van der Waals surface area contributed by atoms with Crippen molar-refractivity contribution in [3.8, 4) is 0 Å². The molecule has 0 aromatic heterocycles. The van der Waals surface area contributed by atoms with E-state index < -0.39 is 0 Å². The lowest BCUT2D eigenvalue weighted by molar-refractivity contribution is 0.412. The summed E-state index contributed by atoms with van der Waals surface area (Å²) in [5, 5.41) is 0. The summed E-state index contributed by atoms with van der Waals surface area (Å²) in [4.78, 5) is 4.52. The topological polar surface area (TPSA) is 12.4 Å². The second-order valence-electron chi connectivity index (χ2n) is 4.13. The van der Waals surface area contributed by atoms with Crippen molar-refractivity contribution >= 4 is 6.21 Å². The molecule has 1 heterocycles. The summed E-state index contributed by atoms with van der Waals surface area (Å²) < 4.78 is 0. The average molecular weight is 175 g/mol. The maximum Gasteiger partial charge on any atom is 0.0596 e. The Morgan fingerprint density at radius 1 is 1.23 bits per heavy atom. The number of hydrogen-bond donors (Lipinski definition) is 0. The van der Waals surface area contributed by atoms with Gasteiger partial charge in [-0.1, -0.05) is 25.2 Å². The highest BCUT2D eigenvalue weighted by atomic mass is 14.8. The first kappa shape index (κ1) is 8.74. The van der Waals surface area contributed by atoms with Crippen molar-refractivity contribution in [1.82, 2.24) is 0 Å². The first-order valence-corrected chi connectivity index (χ1v) is 5.23. The second-order valence-corrected chi connectivity index (χ2v) is 4.13. The van der Waals surface area contributed by atoms with Crippen LogP contribution in [0.4, 0.5) is 0 Å². The summed E-state index contributed by atoms with van der Waals surface area (Å²) in [7, 11) is 0. The number of rotatable bonds is 1. The maximum absolute atomic E-state index is 4.52. The normalized spacial score (nSPS) is 38.1. The van der Waals surface area contributed by atoms with E-state index in [0.29, 0.717) is 12.0 Å². The van der Waals surface area contributed by atoms with Crippen LogP contribution >= 0.6 is 0 Å². The van der Waals surface area contributed by atoms with E-state index in [0.717, 1.165) is 12.3 Å². The number of aliphatic imine (C=N–C) groups is 1. The monoisotopic (exact) mass is 175 g/mol. The van der Waals surface area contributed by atoms with Gasteiger partial charge in [-0.15, -0.1) is 0 Å². The number of nitrogens with zero attached hydrogens (tertiary/aromatic N) is 1. The molecule has 0 fully saturated rings. The van der Waals surface area contributed by atoms with Gasteiger partial charge in [0.15, 0.2) is 0 Å². The van der Waals surface area contributed by atoms with E-state index in [-0.39, 0.29) is 0 Å². The molecule has 0 bridgehead atoms. The van der Waals surface area contributed by atoms with Gasteiger partial charge in [-0.2, -0.15) is 0 Å². The number of hydrogen-bond acceptors (Lipinski definition) is 1. The molecule has 3 atom stereocenters. The highest BCUT2D eigenvalue weighted by molar-refractivity contribution is 5.72. The first-order chi connectivity index (χ1) is 6.36. The standard InChI is InChI=1S/C12H17N/c1-10-5-7-11(8-6-10)12-4-2-3-9-13-12/h2-3,5,7,9-12H,4,6,8H2,1H3. The Labute approximate surface area is 80.3 Å². The molecule has 3 unspecified atom stereocenters. The van der Waals surface area contributed by atoms with Crippen molar-refractivity contribution in [2.24, 2.45) is 16.8 Å². The zero-order valence-electron chi connectivity index (χ0n) is 8.19. The van der Waals surface area contributed by atoms with Gasteiger partial charge in [0.2, 0.25) is 0 Å². The molecular formula is C12H17N. The minimum Gasteiger partial charge on any atom is -0.289 e. The fourth-order valence-electron chi connectivity index (χ4n) is 2.09. The van der Waals surface area contributed by atoms with E-state index in [2.05, 4.69) is 30.1 Å². The van der Waals surface area contributed by atoms with E-state index in [1.54, 1.807) is 0 Å². The number of allylic oxidation sites excluding steroid dienone is 2. The third-order valence-electron chi connectivity index (χ3n) is 3.01. The van der Waals surface area contributed by atoms with Gasteiger partial charge in [-0.3, -0.25) is 4.99 Å². The van der Waals surface area contributed by atoms with E-state index >= 15 is 0 Å². The largest absolute Gasteiger partial charge is 0.289 e. The SMILES string of the molecule is CC1C=CC(C2CC=CC=N2)CC1. The van der Waals surface area contributed by atoms with Gasteiger partial charge in [0.05, 0.1) is 6.04 Å². The van der Waals surface area contributed by atoms with Crippen LogP contribution in [0.15, 0.2) is 29.3 Å². The Balaban J connectivity index is 1.98. The van der Waals surface area contributed by atoms with Crippen LogP contribution in [-0.4, -0.2) is 12.3 Å². The predicted molar refractivity (Wildman–Crippen MR) is 57.1 cm³/mol. The van der Waals surface area contributed by atoms with Crippen LogP contribution < -0.4 is 0 Å². The molecule has 0 N–H and O–H groups in total. The van der Waals surface area contributed by atoms with Crippen LogP contribution in [0, 0.1) is 11.8 Å². The molecule has 0 aromatic carbocycles. The van der Waals surface area contributed by atoms with Gasteiger partial charge in [-0.05, 0) is 37.2 Å². The molecule has 0 saturated heterocycles. The lowest BCUT2D eigenvalue weighted by atomic mass is 9.84. The van der Waals surface area contributed by atoms with Crippen LogP contribution in [0.1, 0.15) is 26.2 Å². The van der Waals surface area contributed by atoms with E-state index in [1.807, 2.05) is 12.3 Å². The minimum absolute atomic E-state index is 0.522. The molecule has 1 nitrogen and oxygen atoms in total. The van der Waals surface area contributed by atoms with Crippen LogP contribution in [0.5, 0.6) is 0 Å². The van der Waals surface area contributed by atoms with Crippen LogP contribution in [0.3, 0.4) is 0 Å². The van der Waals surface area contributed by atoms with Gasteiger partial charge in [-0.25, -0.2) is 0 Å². The fourth-order valence-corrected chi connectivity index (χ4v) is 2.09. The van der Waals surface area contributed by atoms with Gasteiger partial charge >= 0.3 is 0 Å². The van der Waals surface area contributed by atoms with E-state index in [1.165, 1.54) is 12.8 Å². The maximum atomic E-state index is 4.52. The second kappa shape index (κ2) is 3.91. The molecule has 0 saturated carbocycles. The molecule has 1 heteroatoms. The molecule has 2 aliphatic rings. The molecule has 0 aromatic rings. The van der Waals surface area contributed by atoms with Gasteiger partial charge in [0.25, 0.3) is 0 Å². The summed E-state index contributed by atoms with van der Waals surface area (Å²) in [5.41, 5.74) is 0. The van der Waals surface area contributed by atoms with Crippen molar-refractivity contribution in [3.63, 3.8) is 0 Å². The Bertz CT molecular complexity index is 250. The Kier molecular flexibility index (Phi) is 2.62. The summed E-state index contributed by atoms with van der Waals surface area (Å²) in [6.45, 7) is 2.29. The molecule has 0 radical (unpaired) electrons. The quantitative estimate of drug-likeness (QED) is 0.543. The van der Waals surface area contributed by atoms with Crippen molar-refractivity contribution in [1.29, 1.82) is 0 Å². The Hall–Kier alpha value is -0.850. The van der Waals surface area contributed by atoms with Crippen LogP contribution in [0.2, 0.25) is 0 Å². The zero-order valence-corrected chi connectivity index (χ0v) is 8.19. The molecule has 2 rings (SSSR count). The Morgan fingerprint density at radius 2 is 2.15 bits per heavy atom. The van der Waals surface area contributed by atoms with Crippen LogP contribution in [-0.2, 0) is 0 Å². The lowest BCUT2D eigenvalue weighted by Gasteiger charge is -2.26. The highest BCUT2D eigenvalue weighted by Gasteiger charge is 2.21. The first-order valence-electron chi connectivity index (χ1n) is 5.23. The van der Waals surface area contributed by atoms with Gasteiger partial charge in [0.1, 0.15) is 0 Å². The summed E-state index contributed by atoms with van der Waals surface area (Å²) in [5.74, 6) is 1.47.